The lowest BCUT2D eigenvalue weighted by molar-refractivity contribution is 0.398. The van der Waals surface area contributed by atoms with Crippen LogP contribution in [0.3, 0.4) is 0 Å². The smallest absolute Gasteiger partial charge is 0.212 e. The van der Waals surface area contributed by atoms with Gasteiger partial charge in [0, 0.05) is 29.1 Å². The zero-order chi connectivity index (χ0) is 13.2. The first-order valence-electron chi connectivity index (χ1n) is 6.33. The summed E-state index contributed by atoms with van der Waals surface area (Å²) in [7, 11) is 1.59. The Morgan fingerprint density at radius 1 is 1.16 bits per heavy atom. The highest BCUT2D eigenvalue weighted by atomic mass is 35.5. The predicted molar refractivity (Wildman–Crippen MR) is 73.5 cm³/mol. The van der Waals surface area contributed by atoms with Gasteiger partial charge >= 0.3 is 0 Å². The first kappa shape index (κ1) is 12.4. The molecule has 0 atom stereocenters. The minimum Gasteiger partial charge on any atom is -0.481 e. The minimum atomic E-state index is 0.577. The Bertz CT molecular complexity index is 598. The number of aromatic nitrogens is 3. The third kappa shape index (κ3) is 2.40. The molecule has 2 aromatic rings. The summed E-state index contributed by atoms with van der Waals surface area (Å²) >= 11 is 6.26. The summed E-state index contributed by atoms with van der Waals surface area (Å²) in [5, 5.41) is 0.579. The molecule has 0 aromatic carbocycles. The van der Waals surface area contributed by atoms with Gasteiger partial charge in [-0.15, -0.1) is 0 Å². The van der Waals surface area contributed by atoms with Crippen LogP contribution >= 0.6 is 11.6 Å². The van der Waals surface area contributed by atoms with Crippen molar-refractivity contribution in [3.8, 4) is 17.3 Å². The molecule has 1 aliphatic rings. The van der Waals surface area contributed by atoms with Gasteiger partial charge < -0.3 is 4.74 Å². The van der Waals surface area contributed by atoms with E-state index in [-0.39, 0.29) is 0 Å². The lowest BCUT2D eigenvalue weighted by Crippen LogP contribution is -2.08. The molecule has 2 aromatic heterocycles. The summed E-state index contributed by atoms with van der Waals surface area (Å²) in [5.74, 6) is 1.22. The number of ether oxygens (including phenoxy) is 1. The van der Waals surface area contributed by atoms with Crippen LogP contribution in [0.25, 0.3) is 11.4 Å². The Morgan fingerprint density at radius 2 is 2.00 bits per heavy atom. The average Bonchev–Trinajstić information content (AvgIpc) is 2.47. The van der Waals surface area contributed by atoms with Crippen LogP contribution in [0.1, 0.15) is 24.1 Å². The van der Waals surface area contributed by atoms with Crippen molar-refractivity contribution in [1.29, 1.82) is 0 Å². The summed E-state index contributed by atoms with van der Waals surface area (Å²) < 4.78 is 5.04. The number of nitrogens with zero attached hydrogens (tertiary/aromatic N) is 3. The van der Waals surface area contributed by atoms with Gasteiger partial charge in [-0.2, -0.15) is 0 Å². The van der Waals surface area contributed by atoms with Crippen LogP contribution in [0.15, 0.2) is 18.3 Å². The Balaban J connectivity index is 2.02. The highest BCUT2D eigenvalue weighted by Crippen LogP contribution is 2.28. The van der Waals surface area contributed by atoms with Gasteiger partial charge in [-0.3, -0.25) is 0 Å². The van der Waals surface area contributed by atoms with Crippen molar-refractivity contribution in [3.63, 3.8) is 0 Å². The minimum absolute atomic E-state index is 0.577. The van der Waals surface area contributed by atoms with E-state index < -0.39 is 0 Å². The van der Waals surface area contributed by atoms with Gasteiger partial charge in [0.25, 0.3) is 0 Å². The van der Waals surface area contributed by atoms with Gasteiger partial charge in [0.05, 0.1) is 7.11 Å². The highest BCUT2D eigenvalue weighted by Gasteiger charge is 2.17. The number of rotatable bonds is 2. The second-order valence-electron chi connectivity index (χ2n) is 4.56. The Labute approximate surface area is 116 Å². The topological polar surface area (TPSA) is 47.9 Å². The third-order valence-electron chi connectivity index (χ3n) is 3.34. The summed E-state index contributed by atoms with van der Waals surface area (Å²) in [6.07, 6.45) is 6.00. The maximum absolute atomic E-state index is 6.26. The number of halogens is 1. The molecule has 0 bridgehead atoms. The third-order valence-corrected chi connectivity index (χ3v) is 3.65. The molecule has 4 nitrogen and oxygen atoms in total. The zero-order valence-corrected chi connectivity index (χ0v) is 11.4. The summed E-state index contributed by atoms with van der Waals surface area (Å²) in [6.45, 7) is 0. The molecule has 0 N–H and O–H groups in total. The standard InChI is InChI=1S/C14H14ClN3O/c1-19-12-7-6-9(8-16-12)14-17-11-5-3-2-4-10(11)13(15)18-14/h6-8H,2-5H2,1H3. The van der Waals surface area contributed by atoms with Crippen LogP contribution in [-0.4, -0.2) is 22.1 Å². The molecular weight excluding hydrogens is 262 g/mol. The highest BCUT2D eigenvalue weighted by molar-refractivity contribution is 6.30. The number of hydrogen-bond donors (Lipinski definition) is 0. The molecule has 3 rings (SSSR count). The van der Waals surface area contributed by atoms with E-state index in [1.54, 1.807) is 19.4 Å². The Kier molecular flexibility index (Phi) is 3.34. The van der Waals surface area contributed by atoms with Crippen molar-refractivity contribution >= 4 is 11.6 Å². The predicted octanol–water partition coefficient (Wildman–Crippen LogP) is 3.08. The van der Waals surface area contributed by atoms with Gasteiger partial charge in [0.15, 0.2) is 5.82 Å². The van der Waals surface area contributed by atoms with E-state index in [0.717, 1.165) is 29.7 Å². The van der Waals surface area contributed by atoms with E-state index in [9.17, 15) is 0 Å². The van der Waals surface area contributed by atoms with Gasteiger partial charge in [-0.1, -0.05) is 11.6 Å². The van der Waals surface area contributed by atoms with E-state index in [2.05, 4.69) is 15.0 Å². The lowest BCUT2D eigenvalue weighted by Gasteiger charge is -2.16. The molecule has 0 aliphatic heterocycles. The van der Waals surface area contributed by atoms with E-state index >= 15 is 0 Å². The van der Waals surface area contributed by atoms with Crippen LogP contribution < -0.4 is 4.74 Å². The molecule has 0 fully saturated rings. The fourth-order valence-corrected chi connectivity index (χ4v) is 2.59. The molecule has 1 aliphatic carbocycles. The van der Waals surface area contributed by atoms with Gasteiger partial charge in [-0.25, -0.2) is 15.0 Å². The van der Waals surface area contributed by atoms with E-state index in [1.807, 2.05) is 6.07 Å². The van der Waals surface area contributed by atoms with Crippen molar-refractivity contribution in [2.75, 3.05) is 7.11 Å². The summed E-state index contributed by atoms with van der Waals surface area (Å²) in [6, 6.07) is 3.69. The monoisotopic (exact) mass is 275 g/mol. The van der Waals surface area contributed by atoms with Crippen molar-refractivity contribution in [2.24, 2.45) is 0 Å². The van der Waals surface area contributed by atoms with Gasteiger partial charge in [-0.05, 0) is 31.7 Å². The largest absolute Gasteiger partial charge is 0.481 e. The molecule has 98 valence electrons. The van der Waals surface area contributed by atoms with Crippen molar-refractivity contribution in [1.82, 2.24) is 15.0 Å². The summed E-state index contributed by atoms with van der Waals surface area (Å²) in [4.78, 5) is 13.2. The van der Waals surface area contributed by atoms with Crippen LogP contribution in [0.5, 0.6) is 5.88 Å². The number of pyridine rings is 1. The first-order valence-corrected chi connectivity index (χ1v) is 6.71. The second-order valence-corrected chi connectivity index (χ2v) is 4.92. The van der Waals surface area contributed by atoms with Crippen LogP contribution in [0, 0.1) is 0 Å². The van der Waals surface area contributed by atoms with Crippen LogP contribution in [0.2, 0.25) is 5.15 Å². The number of fused-ring (bicyclic) bond motifs is 1. The van der Waals surface area contributed by atoms with Crippen LogP contribution in [-0.2, 0) is 12.8 Å². The maximum Gasteiger partial charge on any atom is 0.212 e. The molecule has 0 saturated carbocycles. The molecule has 2 heterocycles. The fraction of sp³-hybridized carbons (Fsp3) is 0.357. The quantitative estimate of drug-likeness (QED) is 0.790. The number of methoxy groups -OCH3 is 1. The molecule has 0 radical (unpaired) electrons. The van der Waals surface area contributed by atoms with Crippen molar-refractivity contribution in [3.05, 3.63) is 34.7 Å². The molecular formula is C14H14ClN3O. The van der Waals surface area contributed by atoms with Crippen molar-refractivity contribution in [2.45, 2.75) is 25.7 Å². The number of hydrogen-bond acceptors (Lipinski definition) is 4. The second kappa shape index (κ2) is 5.13. The van der Waals surface area contributed by atoms with Crippen LogP contribution in [0.4, 0.5) is 0 Å². The maximum atomic E-state index is 6.26. The van der Waals surface area contributed by atoms with Crippen molar-refractivity contribution < 1.29 is 4.74 Å². The van der Waals surface area contributed by atoms with E-state index in [4.69, 9.17) is 16.3 Å². The molecule has 0 amide bonds. The molecule has 0 saturated heterocycles. The van der Waals surface area contributed by atoms with Gasteiger partial charge in [0.2, 0.25) is 5.88 Å². The molecule has 0 unspecified atom stereocenters. The zero-order valence-electron chi connectivity index (χ0n) is 10.7. The normalized spacial score (nSPS) is 14.0. The fourth-order valence-electron chi connectivity index (χ4n) is 2.31. The lowest BCUT2D eigenvalue weighted by atomic mass is 9.97. The Morgan fingerprint density at radius 3 is 2.74 bits per heavy atom. The summed E-state index contributed by atoms with van der Waals surface area (Å²) in [5.41, 5.74) is 3.05. The van der Waals surface area contributed by atoms with Gasteiger partial charge in [0.1, 0.15) is 5.15 Å². The molecule has 19 heavy (non-hydrogen) atoms. The number of aryl methyl sites for hydroxylation is 1. The average molecular weight is 276 g/mol. The molecule has 0 spiro atoms. The van der Waals surface area contributed by atoms with E-state index in [0.29, 0.717) is 16.9 Å². The molecule has 5 heteroatoms. The Hall–Kier alpha value is -1.68. The first-order chi connectivity index (χ1) is 9.28. The van der Waals surface area contributed by atoms with E-state index in [1.165, 1.54) is 12.8 Å². The SMILES string of the molecule is COc1ccc(-c2nc(Cl)c3c(n2)CCCC3)cn1.